The lowest BCUT2D eigenvalue weighted by Gasteiger charge is -2.19. The average Bonchev–Trinajstić information content (AvgIpc) is 2.97. The molecule has 0 spiro atoms. The first kappa shape index (κ1) is 20.1. The average molecular weight is 380 g/mol. The first-order valence-electron chi connectivity index (χ1n) is 10.1. The molecule has 148 valence electrons. The largest absolute Gasteiger partial charge is 0.346 e. The summed E-state index contributed by atoms with van der Waals surface area (Å²) in [4.78, 5) is 27.2. The highest BCUT2D eigenvalue weighted by atomic mass is 16.2. The molecule has 1 aliphatic heterocycles. The lowest BCUT2D eigenvalue weighted by molar-refractivity contribution is -0.117. The number of nitrogens with zero attached hydrogens (tertiary/aromatic N) is 1. The lowest BCUT2D eigenvalue weighted by atomic mass is 10.1. The van der Waals surface area contributed by atoms with Gasteiger partial charge >= 0.3 is 0 Å². The number of carbonyl (C=O) groups excluding carboxylic acids is 2. The van der Waals surface area contributed by atoms with Crippen molar-refractivity contribution in [3.63, 3.8) is 0 Å². The molecule has 0 bridgehead atoms. The van der Waals surface area contributed by atoms with E-state index in [2.05, 4.69) is 15.5 Å². The van der Waals surface area contributed by atoms with Crippen LogP contribution in [0.15, 0.2) is 54.6 Å². The van der Waals surface area contributed by atoms with Gasteiger partial charge < -0.3 is 10.6 Å². The number of likely N-dealkylation sites (tertiary alicyclic amines) is 1. The zero-order valence-electron chi connectivity index (χ0n) is 16.5. The van der Waals surface area contributed by atoms with Gasteiger partial charge in [0.05, 0.1) is 12.6 Å². The second-order valence-electron chi connectivity index (χ2n) is 7.43. The van der Waals surface area contributed by atoms with E-state index < -0.39 is 0 Å². The number of amides is 2. The molecule has 0 saturated carbocycles. The highest BCUT2D eigenvalue weighted by molar-refractivity contribution is 5.97. The molecule has 28 heavy (non-hydrogen) atoms. The van der Waals surface area contributed by atoms with Crippen molar-refractivity contribution >= 4 is 17.5 Å². The van der Waals surface area contributed by atoms with Crippen LogP contribution >= 0.6 is 0 Å². The first-order valence-corrected chi connectivity index (χ1v) is 10.1. The molecule has 1 unspecified atom stereocenters. The number of hydrogen-bond donors (Lipinski definition) is 2. The SMILES string of the molecule is CC(NC(=O)c1cccc(NC(=O)CN2CCCCCC2)c1)c1ccccc1. The summed E-state index contributed by atoms with van der Waals surface area (Å²) in [6.07, 6.45) is 4.80. The lowest BCUT2D eigenvalue weighted by Crippen LogP contribution is -2.34. The van der Waals surface area contributed by atoms with Crippen LogP contribution < -0.4 is 10.6 Å². The molecule has 5 nitrogen and oxygen atoms in total. The summed E-state index contributed by atoms with van der Waals surface area (Å²) in [5.41, 5.74) is 2.24. The maximum absolute atomic E-state index is 12.6. The van der Waals surface area contributed by atoms with Crippen LogP contribution in [0.25, 0.3) is 0 Å². The Labute approximate surface area is 167 Å². The summed E-state index contributed by atoms with van der Waals surface area (Å²) >= 11 is 0. The quantitative estimate of drug-likeness (QED) is 0.798. The second kappa shape index (κ2) is 10.0. The van der Waals surface area contributed by atoms with Gasteiger partial charge in [-0.2, -0.15) is 0 Å². The van der Waals surface area contributed by atoms with E-state index in [9.17, 15) is 9.59 Å². The predicted molar refractivity (Wildman–Crippen MR) is 112 cm³/mol. The standard InChI is InChI=1S/C23H29N3O2/c1-18(19-10-5-4-6-11-19)24-23(28)20-12-9-13-21(16-20)25-22(27)17-26-14-7-2-3-8-15-26/h4-6,9-13,16,18H,2-3,7-8,14-15,17H2,1H3,(H,24,28)(H,25,27). The minimum Gasteiger partial charge on any atom is -0.346 e. The summed E-state index contributed by atoms with van der Waals surface area (Å²) in [7, 11) is 0. The topological polar surface area (TPSA) is 61.4 Å². The molecule has 0 aromatic heterocycles. The Balaban J connectivity index is 1.56. The van der Waals surface area contributed by atoms with Crippen molar-refractivity contribution in [3.05, 3.63) is 65.7 Å². The van der Waals surface area contributed by atoms with Crippen molar-refractivity contribution in [1.82, 2.24) is 10.2 Å². The third kappa shape index (κ3) is 5.92. The van der Waals surface area contributed by atoms with Gasteiger partial charge in [0.1, 0.15) is 0 Å². The number of nitrogens with one attached hydrogen (secondary N) is 2. The molecule has 5 heteroatoms. The second-order valence-corrected chi connectivity index (χ2v) is 7.43. The number of hydrogen-bond acceptors (Lipinski definition) is 3. The zero-order valence-corrected chi connectivity index (χ0v) is 16.5. The van der Waals surface area contributed by atoms with Gasteiger partial charge in [0.2, 0.25) is 5.91 Å². The van der Waals surface area contributed by atoms with E-state index in [-0.39, 0.29) is 17.9 Å². The molecule has 1 heterocycles. The molecule has 2 aromatic carbocycles. The Hall–Kier alpha value is -2.66. The van der Waals surface area contributed by atoms with Crippen LogP contribution in [0.4, 0.5) is 5.69 Å². The highest BCUT2D eigenvalue weighted by Crippen LogP contribution is 2.15. The number of carbonyl (C=O) groups is 2. The number of rotatable bonds is 6. The van der Waals surface area contributed by atoms with E-state index >= 15 is 0 Å². The van der Waals surface area contributed by atoms with E-state index in [1.165, 1.54) is 12.8 Å². The maximum atomic E-state index is 12.6. The fourth-order valence-electron chi connectivity index (χ4n) is 3.54. The predicted octanol–water partition coefficient (Wildman–Crippen LogP) is 3.99. The molecule has 2 N–H and O–H groups in total. The Morgan fingerprint density at radius 3 is 2.39 bits per heavy atom. The van der Waals surface area contributed by atoms with Gasteiger partial charge in [-0.15, -0.1) is 0 Å². The van der Waals surface area contributed by atoms with Crippen molar-refractivity contribution < 1.29 is 9.59 Å². The summed E-state index contributed by atoms with van der Waals surface area (Å²) in [6, 6.07) is 16.9. The molecule has 0 aliphatic carbocycles. The van der Waals surface area contributed by atoms with Crippen LogP contribution in [0.3, 0.4) is 0 Å². The molecule has 2 aromatic rings. The van der Waals surface area contributed by atoms with Crippen molar-refractivity contribution in [2.75, 3.05) is 25.0 Å². The van der Waals surface area contributed by atoms with Crippen molar-refractivity contribution in [2.45, 2.75) is 38.6 Å². The molecule has 1 fully saturated rings. The van der Waals surface area contributed by atoms with Crippen molar-refractivity contribution in [2.24, 2.45) is 0 Å². The van der Waals surface area contributed by atoms with Crippen LogP contribution in [0.1, 0.15) is 54.6 Å². The fraction of sp³-hybridized carbons (Fsp3) is 0.391. The smallest absolute Gasteiger partial charge is 0.251 e. The van der Waals surface area contributed by atoms with Crippen LogP contribution in [0.5, 0.6) is 0 Å². The maximum Gasteiger partial charge on any atom is 0.251 e. The Morgan fingerprint density at radius 2 is 1.68 bits per heavy atom. The molecule has 1 aliphatic rings. The van der Waals surface area contributed by atoms with Gasteiger partial charge in [0, 0.05) is 11.3 Å². The minimum atomic E-state index is -0.153. The monoisotopic (exact) mass is 379 g/mol. The first-order chi connectivity index (χ1) is 13.6. The third-order valence-corrected chi connectivity index (χ3v) is 5.12. The van der Waals surface area contributed by atoms with E-state index in [0.717, 1.165) is 31.5 Å². The van der Waals surface area contributed by atoms with Gasteiger partial charge in [-0.1, -0.05) is 49.2 Å². The van der Waals surface area contributed by atoms with Gasteiger partial charge in [-0.05, 0) is 56.6 Å². The number of anilines is 1. The number of benzene rings is 2. The van der Waals surface area contributed by atoms with E-state index in [4.69, 9.17) is 0 Å². The van der Waals surface area contributed by atoms with Crippen LogP contribution in [-0.4, -0.2) is 36.3 Å². The van der Waals surface area contributed by atoms with Crippen LogP contribution in [0.2, 0.25) is 0 Å². The summed E-state index contributed by atoms with van der Waals surface area (Å²) in [6.45, 7) is 4.32. The van der Waals surface area contributed by atoms with Gasteiger partial charge in [0.15, 0.2) is 0 Å². The minimum absolute atomic E-state index is 0.0305. The molecule has 3 rings (SSSR count). The normalized spacial score (nSPS) is 16.0. The Bertz CT molecular complexity index is 783. The van der Waals surface area contributed by atoms with Gasteiger partial charge in [-0.25, -0.2) is 0 Å². The summed E-state index contributed by atoms with van der Waals surface area (Å²) in [5.74, 6) is -0.183. The molecule has 0 radical (unpaired) electrons. The molecule has 1 saturated heterocycles. The van der Waals surface area contributed by atoms with Crippen molar-refractivity contribution in [1.29, 1.82) is 0 Å². The van der Waals surface area contributed by atoms with Crippen LogP contribution in [-0.2, 0) is 4.79 Å². The summed E-state index contributed by atoms with van der Waals surface area (Å²) in [5, 5.41) is 5.94. The molecular weight excluding hydrogens is 350 g/mol. The highest BCUT2D eigenvalue weighted by Gasteiger charge is 2.15. The van der Waals surface area contributed by atoms with E-state index in [1.807, 2.05) is 43.3 Å². The van der Waals surface area contributed by atoms with Gasteiger partial charge in [-0.3, -0.25) is 14.5 Å². The van der Waals surface area contributed by atoms with E-state index in [0.29, 0.717) is 17.8 Å². The zero-order chi connectivity index (χ0) is 19.8. The molecule has 2 amide bonds. The van der Waals surface area contributed by atoms with E-state index in [1.54, 1.807) is 18.2 Å². The Kier molecular flexibility index (Phi) is 7.20. The summed E-state index contributed by atoms with van der Waals surface area (Å²) < 4.78 is 0. The molecular formula is C23H29N3O2. The van der Waals surface area contributed by atoms with Crippen molar-refractivity contribution in [3.8, 4) is 0 Å². The fourth-order valence-corrected chi connectivity index (χ4v) is 3.54. The Morgan fingerprint density at radius 1 is 0.964 bits per heavy atom. The third-order valence-electron chi connectivity index (χ3n) is 5.12. The van der Waals surface area contributed by atoms with Gasteiger partial charge in [0.25, 0.3) is 5.91 Å². The van der Waals surface area contributed by atoms with Crippen LogP contribution in [0, 0.1) is 0 Å². The molecule has 1 atom stereocenters.